The van der Waals surface area contributed by atoms with Gasteiger partial charge in [0, 0.05) is 29.4 Å². The summed E-state index contributed by atoms with van der Waals surface area (Å²) in [5, 5.41) is 9.10. The zero-order chi connectivity index (χ0) is 22.3. The van der Waals surface area contributed by atoms with Crippen molar-refractivity contribution in [3.63, 3.8) is 0 Å². The standard InChI is InChI=1S/C23H34N6O/c1-21(2,3)17-12-25-27(14-17)15-22(4,5)18-13-26-29(20(18)24)16-23(6,7)28-11-9-8-10-19(28)30/h8-14H,15-16,24H2,1-7H3. The largest absolute Gasteiger partial charge is 0.384 e. The normalized spacial score (nSPS) is 13.0. The lowest BCUT2D eigenvalue weighted by Gasteiger charge is -2.28. The summed E-state index contributed by atoms with van der Waals surface area (Å²) in [7, 11) is 0. The van der Waals surface area contributed by atoms with Gasteiger partial charge in [-0.15, -0.1) is 0 Å². The summed E-state index contributed by atoms with van der Waals surface area (Å²) in [5.74, 6) is 0.625. The molecule has 0 aliphatic rings. The van der Waals surface area contributed by atoms with Gasteiger partial charge < -0.3 is 10.3 Å². The van der Waals surface area contributed by atoms with Gasteiger partial charge in [0.05, 0.1) is 31.0 Å². The maximum absolute atomic E-state index is 12.3. The van der Waals surface area contributed by atoms with Gasteiger partial charge >= 0.3 is 0 Å². The molecule has 0 unspecified atom stereocenters. The van der Waals surface area contributed by atoms with Gasteiger partial charge in [-0.3, -0.25) is 9.48 Å². The SMILES string of the molecule is CC(C)(C)c1cnn(CC(C)(C)c2cnn(CC(C)(C)n3ccccc3=O)c2N)c1. The topological polar surface area (TPSA) is 83.7 Å². The van der Waals surface area contributed by atoms with Crippen molar-refractivity contribution in [2.24, 2.45) is 0 Å². The molecule has 0 amide bonds. The molecule has 0 radical (unpaired) electrons. The van der Waals surface area contributed by atoms with Crippen molar-refractivity contribution in [1.29, 1.82) is 0 Å². The number of hydrogen-bond acceptors (Lipinski definition) is 4. The average molecular weight is 411 g/mol. The fourth-order valence-electron chi connectivity index (χ4n) is 3.74. The lowest BCUT2D eigenvalue weighted by atomic mass is 9.86. The first-order chi connectivity index (χ1) is 13.8. The van der Waals surface area contributed by atoms with Gasteiger partial charge in [0.15, 0.2) is 0 Å². The molecule has 0 spiro atoms. The Morgan fingerprint density at radius 3 is 2.27 bits per heavy atom. The van der Waals surface area contributed by atoms with E-state index in [0.717, 1.165) is 5.56 Å². The van der Waals surface area contributed by atoms with E-state index in [9.17, 15) is 4.79 Å². The third-order valence-corrected chi connectivity index (χ3v) is 5.68. The highest BCUT2D eigenvalue weighted by molar-refractivity contribution is 5.43. The zero-order valence-corrected chi connectivity index (χ0v) is 19.2. The van der Waals surface area contributed by atoms with Gasteiger partial charge in [-0.1, -0.05) is 40.7 Å². The Labute approximate surface area is 178 Å². The van der Waals surface area contributed by atoms with Crippen molar-refractivity contribution in [2.75, 3.05) is 5.73 Å². The molecule has 0 fully saturated rings. The van der Waals surface area contributed by atoms with Crippen molar-refractivity contribution >= 4 is 5.82 Å². The molecule has 30 heavy (non-hydrogen) atoms. The van der Waals surface area contributed by atoms with Crippen LogP contribution in [0.15, 0.2) is 47.8 Å². The summed E-state index contributed by atoms with van der Waals surface area (Å²) in [6.45, 7) is 16.1. The average Bonchev–Trinajstić information content (AvgIpc) is 3.22. The number of nitrogens with zero attached hydrogens (tertiary/aromatic N) is 5. The first-order valence-corrected chi connectivity index (χ1v) is 10.3. The monoisotopic (exact) mass is 410 g/mol. The predicted molar refractivity (Wildman–Crippen MR) is 121 cm³/mol. The summed E-state index contributed by atoms with van der Waals surface area (Å²) in [4.78, 5) is 12.3. The van der Waals surface area contributed by atoms with Crippen LogP contribution in [0, 0.1) is 0 Å². The number of nitrogens with two attached hydrogens (primary N) is 1. The van der Waals surface area contributed by atoms with Crippen LogP contribution in [0.25, 0.3) is 0 Å². The Kier molecular flexibility index (Phi) is 5.43. The third-order valence-electron chi connectivity index (χ3n) is 5.68. The number of nitrogen functional groups attached to an aromatic ring is 1. The lowest BCUT2D eigenvalue weighted by molar-refractivity contribution is 0.282. The molecule has 0 aliphatic heterocycles. The second-order valence-corrected chi connectivity index (χ2v) is 10.4. The molecule has 0 aliphatic carbocycles. The van der Waals surface area contributed by atoms with Gasteiger partial charge in [0.25, 0.3) is 5.56 Å². The highest BCUT2D eigenvalue weighted by Gasteiger charge is 2.30. The van der Waals surface area contributed by atoms with Crippen molar-refractivity contribution in [3.05, 3.63) is 64.5 Å². The van der Waals surface area contributed by atoms with Crippen LogP contribution >= 0.6 is 0 Å². The summed E-state index contributed by atoms with van der Waals surface area (Å²) >= 11 is 0. The molecule has 3 aromatic rings. The van der Waals surface area contributed by atoms with Gasteiger partial charge in [0.1, 0.15) is 5.82 Å². The molecule has 0 saturated heterocycles. The lowest BCUT2D eigenvalue weighted by Crippen LogP contribution is -2.39. The van der Waals surface area contributed by atoms with Crippen LogP contribution in [-0.2, 0) is 29.5 Å². The second kappa shape index (κ2) is 7.45. The Hall–Kier alpha value is -2.83. The number of anilines is 1. The minimum atomic E-state index is -0.469. The molecule has 3 aromatic heterocycles. The summed E-state index contributed by atoms with van der Waals surface area (Å²) < 4.78 is 5.49. The first kappa shape index (κ1) is 21.9. The van der Waals surface area contributed by atoms with Crippen molar-refractivity contribution in [3.8, 4) is 0 Å². The number of aromatic nitrogens is 5. The zero-order valence-electron chi connectivity index (χ0n) is 19.2. The van der Waals surface area contributed by atoms with Crippen molar-refractivity contribution < 1.29 is 0 Å². The second-order valence-electron chi connectivity index (χ2n) is 10.4. The highest BCUT2D eigenvalue weighted by Crippen LogP contribution is 2.31. The Balaban J connectivity index is 1.84. The van der Waals surface area contributed by atoms with Crippen LogP contribution in [0.2, 0.25) is 0 Å². The van der Waals surface area contributed by atoms with Gasteiger partial charge in [-0.2, -0.15) is 10.2 Å². The van der Waals surface area contributed by atoms with E-state index in [0.29, 0.717) is 18.9 Å². The summed E-state index contributed by atoms with van der Waals surface area (Å²) in [6, 6.07) is 5.18. The van der Waals surface area contributed by atoms with Gasteiger partial charge in [0.2, 0.25) is 0 Å². The smallest absolute Gasteiger partial charge is 0.251 e. The minimum Gasteiger partial charge on any atom is -0.384 e. The van der Waals surface area contributed by atoms with E-state index in [1.807, 2.05) is 37.0 Å². The summed E-state index contributed by atoms with van der Waals surface area (Å²) in [6.07, 6.45) is 7.68. The van der Waals surface area contributed by atoms with E-state index in [1.54, 1.807) is 27.6 Å². The molecule has 7 heteroatoms. The fourth-order valence-corrected chi connectivity index (χ4v) is 3.74. The maximum atomic E-state index is 12.3. The highest BCUT2D eigenvalue weighted by atomic mass is 16.1. The van der Waals surface area contributed by atoms with Gasteiger partial charge in [-0.05, 0) is 30.9 Å². The molecule has 7 nitrogen and oxygen atoms in total. The third kappa shape index (κ3) is 4.35. The van der Waals surface area contributed by atoms with Crippen LogP contribution in [0.1, 0.15) is 59.6 Å². The van der Waals surface area contributed by atoms with Crippen LogP contribution < -0.4 is 11.3 Å². The molecule has 0 saturated carbocycles. The number of pyridine rings is 1. The molecule has 0 bridgehead atoms. The van der Waals surface area contributed by atoms with Crippen LogP contribution in [0.4, 0.5) is 5.82 Å². The van der Waals surface area contributed by atoms with Crippen LogP contribution in [0.5, 0.6) is 0 Å². The Morgan fingerprint density at radius 2 is 1.67 bits per heavy atom. The molecular weight excluding hydrogens is 376 g/mol. The Morgan fingerprint density at radius 1 is 0.967 bits per heavy atom. The Bertz CT molecular complexity index is 1080. The predicted octanol–water partition coefficient (Wildman–Crippen LogP) is 3.53. The van der Waals surface area contributed by atoms with Crippen molar-refractivity contribution in [1.82, 2.24) is 24.1 Å². The van der Waals surface area contributed by atoms with E-state index in [4.69, 9.17) is 5.73 Å². The molecule has 3 heterocycles. The molecule has 0 aromatic carbocycles. The van der Waals surface area contributed by atoms with E-state index in [1.165, 1.54) is 5.56 Å². The number of hydrogen-bond donors (Lipinski definition) is 1. The molecule has 2 N–H and O–H groups in total. The van der Waals surface area contributed by atoms with E-state index < -0.39 is 5.54 Å². The van der Waals surface area contributed by atoms with E-state index in [2.05, 4.69) is 51.0 Å². The van der Waals surface area contributed by atoms with Crippen molar-refractivity contribution in [2.45, 2.75) is 77.9 Å². The van der Waals surface area contributed by atoms with Crippen LogP contribution in [-0.4, -0.2) is 24.1 Å². The first-order valence-electron chi connectivity index (χ1n) is 10.3. The van der Waals surface area contributed by atoms with Gasteiger partial charge in [-0.25, -0.2) is 4.68 Å². The molecule has 162 valence electrons. The number of rotatable bonds is 6. The quantitative estimate of drug-likeness (QED) is 0.674. The molecule has 0 atom stereocenters. The molecule has 3 rings (SSSR count). The van der Waals surface area contributed by atoms with Crippen LogP contribution in [0.3, 0.4) is 0 Å². The molecular formula is C23H34N6O. The van der Waals surface area contributed by atoms with E-state index in [-0.39, 0.29) is 16.4 Å². The summed E-state index contributed by atoms with van der Waals surface area (Å²) in [5.41, 5.74) is 8.01. The van der Waals surface area contributed by atoms with E-state index >= 15 is 0 Å². The maximum Gasteiger partial charge on any atom is 0.251 e. The minimum absolute atomic E-state index is 0.0397. The fraction of sp³-hybridized carbons (Fsp3) is 0.522.